The Morgan fingerprint density at radius 3 is 2.50 bits per heavy atom. The van der Waals surface area contributed by atoms with Crippen molar-refractivity contribution >= 4 is 17.6 Å². The Morgan fingerprint density at radius 2 is 1.81 bits per heavy atom. The summed E-state index contributed by atoms with van der Waals surface area (Å²) in [5.41, 5.74) is 1.87. The molecule has 0 spiro atoms. The highest BCUT2D eigenvalue weighted by Gasteiger charge is 2.23. The van der Waals surface area contributed by atoms with Crippen molar-refractivity contribution in [1.82, 2.24) is 15.1 Å². The van der Waals surface area contributed by atoms with Gasteiger partial charge in [0.25, 0.3) is 5.91 Å². The summed E-state index contributed by atoms with van der Waals surface area (Å²) in [7, 11) is 3.86. The topological polar surface area (TPSA) is 94.1 Å². The third-order valence-electron chi connectivity index (χ3n) is 5.38. The molecule has 3 N–H and O–H groups in total. The molecule has 8 nitrogen and oxygen atoms in total. The highest BCUT2D eigenvalue weighted by atomic mass is 16.5. The lowest BCUT2D eigenvalue weighted by atomic mass is 9.95. The number of aliphatic hydroxyl groups is 1. The van der Waals surface area contributed by atoms with Gasteiger partial charge in [0.05, 0.1) is 19.3 Å². The van der Waals surface area contributed by atoms with Gasteiger partial charge >= 0.3 is 6.03 Å². The van der Waals surface area contributed by atoms with Crippen molar-refractivity contribution in [2.75, 3.05) is 58.8 Å². The second-order valence-corrected chi connectivity index (χ2v) is 8.20. The van der Waals surface area contributed by atoms with Gasteiger partial charge in [-0.2, -0.15) is 0 Å². The van der Waals surface area contributed by atoms with Gasteiger partial charge in [0, 0.05) is 43.3 Å². The van der Waals surface area contributed by atoms with Gasteiger partial charge < -0.3 is 30.3 Å². The van der Waals surface area contributed by atoms with Crippen LogP contribution in [0.15, 0.2) is 54.6 Å². The summed E-state index contributed by atoms with van der Waals surface area (Å²) in [6.45, 7) is 3.11. The average molecular weight is 441 g/mol. The van der Waals surface area contributed by atoms with E-state index >= 15 is 0 Å². The molecule has 0 aromatic heterocycles. The number of aliphatic hydroxyl groups excluding tert-OH is 1. The number of nitrogens with zero attached hydrogens (tertiary/aromatic N) is 2. The Kier molecular flexibility index (Phi) is 8.61. The lowest BCUT2D eigenvalue weighted by Crippen LogP contribution is -2.40. The van der Waals surface area contributed by atoms with Crippen molar-refractivity contribution in [3.63, 3.8) is 0 Å². The van der Waals surface area contributed by atoms with E-state index in [-0.39, 0.29) is 17.9 Å². The minimum Gasteiger partial charge on any atom is -0.388 e. The summed E-state index contributed by atoms with van der Waals surface area (Å²) in [6, 6.07) is 16.0. The zero-order valence-electron chi connectivity index (χ0n) is 18.7. The zero-order valence-corrected chi connectivity index (χ0v) is 18.7. The highest BCUT2D eigenvalue weighted by molar-refractivity contribution is 5.97. The first-order valence-electron chi connectivity index (χ1n) is 10.8. The van der Waals surface area contributed by atoms with Crippen LogP contribution in [0.25, 0.3) is 0 Å². The first-order chi connectivity index (χ1) is 15.4. The van der Waals surface area contributed by atoms with Crippen LogP contribution in [0.2, 0.25) is 0 Å². The van der Waals surface area contributed by atoms with Crippen molar-refractivity contribution in [2.24, 2.45) is 5.92 Å². The molecular formula is C24H32N4O4. The van der Waals surface area contributed by atoms with E-state index in [0.29, 0.717) is 50.6 Å². The molecule has 0 bridgehead atoms. The molecule has 2 aromatic carbocycles. The maximum atomic E-state index is 12.7. The number of anilines is 1. The van der Waals surface area contributed by atoms with E-state index in [0.717, 1.165) is 5.56 Å². The van der Waals surface area contributed by atoms with E-state index in [2.05, 4.69) is 10.6 Å². The number of hydrogen-bond acceptors (Lipinski definition) is 5. The van der Waals surface area contributed by atoms with Crippen LogP contribution in [0.5, 0.6) is 0 Å². The monoisotopic (exact) mass is 440 g/mol. The van der Waals surface area contributed by atoms with E-state index in [1.54, 1.807) is 29.2 Å². The fraction of sp³-hybridized carbons (Fsp3) is 0.417. The molecule has 0 aliphatic carbocycles. The summed E-state index contributed by atoms with van der Waals surface area (Å²) < 4.78 is 5.30. The SMILES string of the molecule is CN(C)C[C@@H](CNC(=O)Nc1cccc(C(=O)N2CCOCC2)c1)[C@@H](O)c1ccccc1. The zero-order chi connectivity index (χ0) is 22.9. The van der Waals surface area contributed by atoms with Gasteiger partial charge in [-0.3, -0.25) is 4.79 Å². The molecule has 3 amide bonds. The maximum absolute atomic E-state index is 12.7. The van der Waals surface area contributed by atoms with Gasteiger partial charge in [-0.05, 0) is 37.9 Å². The number of carbonyl (C=O) groups is 2. The largest absolute Gasteiger partial charge is 0.388 e. The molecule has 2 atom stereocenters. The van der Waals surface area contributed by atoms with Crippen LogP contribution < -0.4 is 10.6 Å². The van der Waals surface area contributed by atoms with Gasteiger partial charge in [-0.1, -0.05) is 36.4 Å². The number of morpholine rings is 1. The summed E-state index contributed by atoms with van der Waals surface area (Å²) in [5, 5.41) is 16.4. The van der Waals surface area contributed by atoms with Crippen LogP contribution >= 0.6 is 0 Å². The summed E-state index contributed by atoms with van der Waals surface area (Å²) in [5.74, 6) is -0.262. The Morgan fingerprint density at radius 1 is 1.09 bits per heavy atom. The number of nitrogens with one attached hydrogen (secondary N) is 2. The quantitative estimate of drug-likeness (QED) is 0.585. The second-order valence-electron chi connectivity index (χ2n) is 8.20. The van der Waals surface area contributed by atoms with E-state index in [4.69, 9.17) is 4.74 Å². The number of hydrogen-bond donors (Lipinski definition) is 3. The molecule has 0 radical (unpaired) electrons. The number of ether oxygens (including phenoxy) is 1. The van der Waals surface area contributed by atoms with E-state index in [1.165, 1.54) is 0 Å². The highest BCUT2D eigenvalue weighted by Crippen LogP contribution is 2.22. The smallest absolute Gasteiger partial charge is 0.319 e. The number of benzene rings is 2. The molecule has 3 rings (SSSR count). The molecule has 1 aliphatic rings. The van der Waals surface area contributed by atoms with Gasteiger partial charge in [0.1, 0.15) is 0 Å². The molecule has 1 aliphatic heterocycles. The maximum Gasteiger partial charge on any atom is 0.319 e. The third-order valence-corrected chi connectivity index (χ3v) is 5.38. The molecule has 0 saturated carbocycles. The minimum atomic E-state index is -0.701. The van der Waals surface area contributed by atoms with Crippen LogP contribution in [0.4, 0.5) is 10.5 Å². The van der Waals surface area contributed by atoms with Gasteiger partial charge in [0.2, 0.25) is 0 Å². The summed E-state index contributed by atoms with van der Waals surface area (Å²) >= 11 is 0. The van der Waals surface area contributed by atoms with Crippen molar-refractivity contribution in [2.45, 2.75) is 6.10 Å². The molecule has 32 heavy (non-hydrogen) atoms. The van der Waals surface area contributed by atoms with Crippen LogP contribution in [-0.4, -0.2) is 80.3 Å². The molecule has 1 fully saturated rings. The summed E-state index contributed by atoms with van der Waals surface area (Å²) in [4.78, 5) is 28.9. The lowest BCUT2D eigenvalue weighted by molar-refractivity contribution is 0.0303. The Hall–Kier alpha value is -2.94. The van der Waals surface area contributed by atoms with Gasteiger partial charge in [0.15, 0.2) is 0 Å². The fourth-order valence-electron chi connectivity index (χ4n) is 3.75. The fourth-order valence-corrected chi connectivity index (χ4v) is 3.75. The van der Waals surface area contributed by atoms with Crippen molar-refractivity contribution in [1.29, 1.82) is 0 Å². The van der Waals surface area contributed by atoms with E-state index in [1.807, 2.05) is 49.3 Å². The molecule has 1 heterocycles. The molecule has 8 heteroatoms. The second kappa shape index (κ2) is 11.6. The average Bonchev–Trinajstić information content (AvgIpc) is 2.82. The predicted octanol–water partition coefficient (Wildman–Crippen LogP) is 2.19. The minimum absolute atomic E-state index is 0.0746. The van der Waals surface area contributed by atoms with Crippen molar-refractivity contribution < 1.29 is 19.4 Å². The van der Waals surface area contributed by atoms with Crippen LogP contribution in [0.3, 0.4) is 0 Å². The van der Waals surface area contributed by atoms with E-state index in [9.17, 15) is 14.7 Å². The predicted molar refractivity (Wildman–Crippen MR) is 124 cm³/mol. The Balaban J connectivity index is 1.58. The summed E-state index contributed by atoms with van der Waals surface area (Å²) in [6.07, 6.45) is -0.701. The van der Waals surface area contributed by atoms with Crippen LogP contribution in [-0.2, 0) is 4.74 Å². The van der Waals surface area contributed by atoms with Gasteiger partial charge in [-0.15, -0.1) is 0 Å². The molecule has 0 unspecified atom stereocenters. The number of urea groups is 1. The molecule has 2 aromatic rings. The standard InChI is InChI=1S/C24H32N4O4/c1-27(2)17-20(22(29)18-7-4-3-5-8-18)16-25-24(31)26-21-10-6-9-19(15-21)23(30)28-11-13-32-14-12-28/h3-10,15,20,22,29H,11-14,16-17H2,1-2H3,(H2,25,26,31)/t20-,22+/m1/s1. The Labute approximate surface area is 189 Å². The van der Waals surface area contributed by atoms with Crippen LogP contribution in [0, 0.1) is 5.92 Å². The van der Waals surface area contributed by atoms with Crippen molar-refractivity contribution in [3.8, 4) is 0 Å². The molecule has 172 valence electrons. The number of carbonyl (C=O) groups excluding carboxylic acids is 2. The van der Waals surface area contributed by atoms with Crippen molar-refractivity contribution in [3.05, 3.63) is 65.7 Å². The molecular weight excluding hydrogens is 408 g/mol. The Bertz CT molecular complexity index is 885. The first kappa shape index (κ1) is 23.7. The normalized spacial score (nSPS) is 15.8. The molecule has 1 saturated heterocycles. The third kappa shape index (κ3) is 6.78. The van der Waals surface area contributed by atoms with Gasteiger partial charge in [-0.25, -0.2) is 4.79 Å². The number of rotatable bonds is 8. The van der Waals surface area contributed by atoms with E-state index < -0.39 is 6.10 Å². The first-order valence-corrected chi connectivity index (χ1v) is 10.8. The van der Waals surface area contributed by atoms with Crippen LogP contribution in [0.1, 0.15) is 22.0 Å². The lowest BCUT2D eigenvalue weighted by Gasteiger charge is -2.27. The number of amides is 3.